The van der Waals surface area contributed by atoms with Crippen LogP contribution in [0.15, 0.2) is 66.9 Å². The van der Waals surface area contributed by atoms with Gasteiger partial charge in [0.2, 0.25) is 0 Å². The molecule has 2 aromatic carbocycles. The van der Waals surface area contributed by atoms with Gasteiger partial charge >= 0.3 is 0 Å². The smallest absolute Gasteiger partial charge is 0.262 e. The molecule has 0 saturated heterocycles. The second-order valence-corrected chi connectivity index (χ2v) is 6.44. The van der Waals surface area contributed by atoms with Gasteiger partial charge in [-0.05, 0) is 24.3 Å². The van der Waals surface area contributed by atoms with E-state index in [1.807, 2.05) is 12.1 Å². The molecule has 0 aliphatic carbocycles. The van der Waals surface area contributed by atoms with E-state index in [1.54, 1.807) is 54.7 Å². The molecule has 3 aromatic rings. The minimum atomic E-state index is -0.390. The van der Waals surface area contributed by atoms with Gasteiger partial charge in [-0.25, -0.2) is 0 Å². The third-order valence-electron chi connectivity index (χ3n) is 4.28. The molecule has 2 N–H and O–H groups in total. The molecule has 1 heterocycles. The van der Waals surface area contributed by atoms with Gasteiger partial charge in [-0.3, -0.25) is 14.6 Å². The Bertz CT molecular complexity index is 1020. The van der Waals surface area contributed by atoms with Crippen molar-refractivity contribution in [2.45, 2.75) is 6.54 Å². The summed E-state index contributed by atoms with van der Waals surface area (Å²) in [6, 6.07) is 17.2. The second-order valence-electron chi connectivity index (χ2n) is 6.44. The highest BCUT2D eigenvalue weighted by Crippen LogP contribution is 2.26. The number of pyridine rings is 1. The number of carbonyl (C=O) groups excluding carboxylic acids is 2. The van der Waals surface area contributed by atoms with Gasteiger partial charge in [-0.15, -0.1) is 0 Å². The van der Waals surface area contributed by atoms with Crippen molar-refractivity contribution >= 4 is 17.5 Å². The van der Waals surface area contributed by atoms with Crippen LogP contribution in [0.5, 0.6) is 17.2 Å². The lowest BCUT2D eigenvalue weighted by Gasteiger charge is -2.13. The Morgan fingerprint density at radius 2 is 1.65 bits per heavy atom. The fourth-order valence-electron chi connectivity index (χ4n) is 2.77. The van der Waals surface area contributed by atoms with E-state index in [-0.39, 0.29) is 25.0 Å². The molecule has 0 fully saturated rings. The Balaban J connectivity index is 1.60. The minimum absolute atomic E-state index is 0.274. The molecule has 0 aliphatic rings. The topological polar surface area (TPSA) is 98.8 Å². The molecule has 31 heavy (non-hydrogen) atoms. The van der Waals surface area contributed by atoms with Crippen molar-refractivity contribution in [3.63, 3.8) is 0 Å². The Morgan fingerprint density at radius 3 is 2.32 bits per heavy atom. The molecule has 0 aliphatic heterocycles. The number of anilines is 1. The number of amides is 2. The first-order valence-electron chi connectivity index (χ1n) is 9.52. The van der Waals surface area contributed by atoms with Crippen molar-refractivity contribution in [3.8, 4) is 17.2 Å². The first-order valence-corrected chi connectivity index (χ1v) is 9.52. The van der Waals surface area contributed by atoms with Crippen LogP contribution < -0.4 is 24.8 Å². The highest BCUT2D eigenvalue weighted by Gasteiger charge is 2.14. The van der Waals surface area contributed by atoms with Crippen LogP contribution in [0, 0.1) is 0 Å². The predicted molar refractivity (Wildman–Crippen MR) is 116 cm³/mol. The molecule has 160 valence electrons. The Labute approximate surface area is 180 Å². The van der Waals surface area contributed by atoms with Crippen LogP contribution in [-0.2, 0) is 11.3 Å². The average Bonchev–Trinajstić information content (AvgIpc) is 2.81. The second kappa shape index (κ2) is 10.6. The number of carbonyl (C=O) groups is 2. The molecule has 3 rings (SSSR count). The standard InChI is InChI=1S/C23H23N3O5/c1-29-18-11-17(12-19(13-18)30-2)26-22(27)15-31-21-9-4-3-8-20(21)23(28)25-14-16-7-5-6-10-24-16/h3-13H,14-15H2,1-2H3,(H,25,28)(H,26,27). The van der Waals surface area contributed by atoms with Gasteiger partial charge in [-0.2, -0.15) is 0 Å². The monoisotopic (exact) mass is 421 g/mol. The molecule has 1 aromatic heterocycles. The molecular weight excluding hydrogens is 398 g/mol. The number of hydrogen-bond donors (Lipinski definition) is 2. The van der Waals surface area contributed by atoms with Gasteiger partial charge in [0.25, 0.3) is 11.8 Å². The number of ether oxygens (including phenoxy) is 3. The van der Waals surface area contributed by atoms with Crippen molar-refractivity contribution in [1.29, 1.82) is 0 Å². The van der Waals surface area contributed by atoms with E-state index in [0.29, 0.717) is 28.5 Å². The first-order chi connectivity index (χ1) is 15.1. The molecule has 0 unspecified atom stereocenters. The maximum absolute atomic E-state index is 12.6. The van der Waals surface area contributed by atoms with Crippen LogP contribution in [0.4, 0.5) is 5.69 Å². The third kappa shape index (κ3) is 6.20. The number of nitrogens with one attached hydrogen (secondary N) is 2. The lowest BCUT2D eigenvalue weighted by molar-refractivity contribution is -0.118. The summed E-state index contributed by atoms with van der Waals surface area (Å²) in [5.74, 6) is 0.688. The number of nitrogens with zero attached hydrogens (tertiary/aromatic N) is 1. The van der Waals surface area contributed by atoms with E-state index >= 15 is 0 Å². The molecule has 0 bridgehead atoms. The number of rotatable bonds is 9. The van der Waals surface area contributed by atoms with Crippen molar-refractivity contribution in [1.82, 2.24) is 10.3 Å². The SMILES string of the molecule is COc1cc(NC(=O)COc2ccccc2C(=O)NCc2ccccn2)cc(OC)c1. The van der Waals surface area contributed by atoms with E-state index in [1.165, 1.54) is 14.2 Å². The Hall–Kier alpha value is -4.07. The summed E-state index contributed by atoms with van der Waals surface area (Å²) in [6.45, 7) is 0.0101. The number of benzene rings is 2. The van der Waals surface area contributed by atoms with E-state index in [4.69, 9.17) is 14.2 Å². The quantitative estimate of drug-likeness (QED) is 0.551. The van der Waals surface area contributed by atoms with Crippen LogP contribution in [0.3, 0.4) is 0 Å². The number of methoxy groups -OCH3 is 2. The van der Waals surface area contributed by atoms with Crippen molar-refractivity contribution in [3.05, 3.63) is 78.1 Å². The summed E-state index contributed by atoms with van der Waals surface area (Å²) in [7, 11) is 3.05. The summed E-state index contributed by atoms with van der Waals surface area (Å²) in [4.78, 5) is 29.1. The van der Waals surface area contributed by atoms with Gasteiger partial charge < -0.3 is 24.8 Å². The Kier molecular flexibility index (Phi) is 7.42. The third-order valence-corrected chi connectivity index (χ3v) is 4.28. The van der Waals surface area contributed by atoms with Crippen LogP contribution >= 0.6 is 0 Å². The van der Waals surface area contributed by atoms with Crippen LogP contribution in [0.25, 0.3) is 0 Å². The van der Waals surface area contributed by atoms with Crippen LogP contribution in [0.1, 0.15) is 16.1 Å². The molecule has 0 saturated carbocycles. The molecule has 0 atom stereocenters. The zero-order valence-electron chi connectivity index (χ0n) is 17.3. The van der Waals surface area contributed by atoms with Gasteiger partial charge in [0.05, 0.1) is 32.0 Å². The Morgan fingerprint density at radius 1 is 0.935 bits per heavy atom. The molecular formula is C23H23N3O5. The van der Waals surface area contributed by atoms with Crippen molar-refractivity contribution < 1.29 is 23.8 Å². The molecule has 2 amide bonds. The fraction of sp³-hybridized carbons (Fsp3) is 0.174. The number of para-hydroxylation sites is 1. The van der Waals surface area contributed by atoms with Crippen LogP contribution in [0.2, 0.25) is 0 Å². The lowest BCUT2D eigenvalue weighted by Crippen LogP contribution is -2.25. The summed E-state index contributed by atoms with van der Waals surface area (Å²) in [5.41, 5.74) is 1.57. The van der Waals surface area contributed by atoms with Gasteiger partial charge in [-0.1, -0.05) is 18.2 Å². The van der Waals surface area contributed by atoms with E-state index in [0.717, 1.165) is 5.69 Å². The molecule has 0 radical (unpaired) electrons. The van der Waals surface area contributed by atoms with Crippen molar-refractivity contribution in [2.24, 2.45) is 0 Å². The van der Waals surface area contributed by atoms with E-state index in [2.05, 4.69) is 15.6 Å². The lowest BCUT2D eigenvalue weighted by atomic mass is 10.2. The summed E-state index contributed by atoms with van der Waals surface area (Å²) in [5, 5.41) is 5.52. The van der Waals surface area contributed by atoms with Gasteiger partial charge in [0, 0.05) is 30.1 Å². The first kappa shape index (κ1) is 21.6. The highest BCUT2D eigenvalue weighted by atomic mass is 16.5. The van der Waals surface area contributed by atoms with E-state index in [9.17, 15) is 9.59 Å². The van der Waals surface area contributed by atoms with Crippen LogP contribution in [-0.4, -0.2) is 37.6 Å². The number of aromatic nitrogens is 1. The largest absolute Gasteiger partial charge is 0.497 e. The maximum Gasteiger partial charge on any atom is 0.262 e. The highest BCUT2D eigenvalue weighted by molar-refractivity contribution is 5.97. The maximum atomic E-state index is 12.6. The molecule has 8 nitrogen and oxygen atoms in total. The predicted octanol–water partition coefficient (Wildman–Crippen LogP) is 3.05. The zero-order valence-corrected chi connectivity index (χ0v) is 17.3. The normalized spacial score (nSPS) is 10.1. The summed E-state index contributed by atoms with van der Waals surface area (Å²) < 4.78 is 16.0. The average molecular weight is 421 g/mol. The van der Waals surface area contributed by atoms with Gasteiger partial charge in [0.1, 0.15) is 17.2 Å². The fourth-order valence-corrected chi connectivity index (χ4v) is 2.77. The number of hydrogen-bond acceptors (Lipinski definition) is 6. The summed E-state index contributed by atoms with van der Waals surface area (Å²) >= 11 is 0. The van der Waals surface area contributed by atoms with Gasteiger partial charge in [0.15, 0.2) is 6.61 Å². The molecule has 0 spiro atoms. The van der Waals surface area contributed by atoms with E-state index < -0.39 is 0 Å². The minimum Gasteiger partial charge on any atom is -0.497 e. The zero-order chi connectivity index (χ0) is 22.1. The van der Waals surface area contributed by atoms with Crippen molar-refractivity contribution in [2.75, 3.05) is 26.1 Å². The molecule has 8 heteroatoms. The summed E-state index contributed by atoms with van der Waals surface area (Å²) in [6.07, 6.45) is 1.66.